The highest BCUT2D eigenvalue weighted by Crippen LogP contribution is 2.29. The molecule has 2 N–H and O–H groups in total. The van der Waals surface area contributed by atoms with Gasteiger partial charge in [-0.25, -0.2) is 0 Å². The first-order chi connectivity index (χ1) is 6.87. The minimum Gasteiger partial charge on any atom is -0.341 e. The molecular weight excluding hydrogens is 224 g/mol. The molecule has 0 aliphatic carbocycles. The maximum atomic E-state index is 12.0. The predicted molar refractivity (Wildman–Crippen MR) is 69.7 cm³/mol. The molecule has 1 amide bonds. The number of nitrogens with zero attached hydrogens (tertiary/aromatic N) is 1. The van der Waals surface area contributed by atoms with Gasteiger partial charge in [0.2, 0.25) is 5.91 Å². The maximum Gasteiger partial charge on any atom is 0.239 e. The van der Waals surface area contributed by atoms with Gasteiger partial charge in [0.1, 0.15) is 0 Å². The van der Waals surface area contributed by atoms with Gasteiger partial charge < -0.3 is 10.6 Å². The summed E-state index contributed by atoms with van der Waals surface area (Å²) in [5.74, 6) is 0.413. The van der Waals surface area contributed by atoms with Crippen LogP contribution in [0.15, 0.2) is 0 Å². The Kier molecular flexibility index (Phi) is 5.77. The normalized spacial score (nSPS) is 22.4. The minimum absolute atomic E-state index is 0. The Morgan fingerprint density at radius 3 is 2.44 bits per heavy atom. The van der Waals surface area contributed by atoms with Crippen LogP contribution in [0.3, 0.4) is 0 Å². The Labute approximate surface area is 105 Å². The molecule has 0 radical (unpaired) electrons. The minimum atomic E-state index is -0.316. The van der Waals surface area contributed by atoms with Crippen molar-refractivity contribution in [2.24, 2.45) is 17.1 Å². The highest BCUT2D eigenvalue weighted by atomic mass is 35.5. The second-order valence-corrected chi connectivity index (χ2v) is 5.59. The van der Waals surface area contributed by atoms with E-state index in [0.29, 0.717) is 0 Å². The Morgan fingerprint density at radius 1 is 1.50 bits per heavy atom. The second-order valence-electron chi connectivity index (χ2n) is 5.59. The number of carbonyl (C=O) groups is 1. The third-order valence-corrected chi connectivity index (χ3v) is 3.53. The van der Waals surface area contributed by atoms with Gasteiger partial charge in [-0.1, -0.05) is 34.1 Å². The summed E-state index contributed by atoms with van der Waals surface area (Å²) in [5, 5.41) is 0. The van der Waals surface area contributed by atoms with Crippen LogP contribution >= 0.6 is 12.4 Å². The monoisotopic (exact) mass is 248 g/mol. The predicted octanol–water partition coefficient (Wildman–Crippen LogP) is 2.04. The Morgan fingerprint density at radius 2 is 2.06 bits per heavy atom. The fourth-order valence-electron chi connectivity index (χ4n) is 2.01. The summed E-state index contributed by atoms with van der Waals surface area (Å²) >= 11 is 0. The van der Waals surface area contributed by atoms with Gasteiger partial charge in [0.05, 0.1) is 6.04 Å². The van der Waals surface area contributed by atoms with E-state index < -0.39 is 0 Å². The van der Waals surface area contributed by atoms with Crippen LogP contribution in [0.4, 0.5) is 0 Å². The molecule has 1 saturated heterocycles. The first-order valence-electron chi connectivity index (χ1n) is 5.92. The van der Waals surface area contributed by atoms with E-state index in [1.807, 2.05) is 11.8 Å². The first kappa shape index (κ1) is 15.7. The molecule has 1 aliphatic heterocycles. The van der Waals surface area contributed by atoms with Crippen molar-refractivity contribution < 1.29 is 4.79 Å². The fraction of sp³-hybridized carbons (Fsp3) is 0.917. The first-order valence-corrected chi connectivity index (χ1v) is 5.92. The molecule has 0 aromatic heterocycles. The molecule has 0 bridgehead atoms. The molecule has 0 saturated carbocycles. The average Bonchev–Trinajstić information content (AvgIpc) is 2.55. The van der Waals surface area contributed by atoms with Gasteiger partial charge in [-0.05, 0) is 17.8 Å². The van der Waals surface area contributed by atoms with E-state index in [1.165, 1.54) is 0 Å². The quantitative estimate of drug-likeness (QED) is 0.831. The van der Waals surface area contributed by atoms with Gasteiger partial charge in [-0.3, -0.25) is 4.79 Å². The smallest absolute Gasteiger partial charge is 0.239 e. The van der Waals surface area contributed by atoms with Gasteiger partial charge in [0, 0.05) is 13.1 Å². The summed E-state index contributed by atoms with van der Waals surface area (Å²) < 4.78 is 0. The molecule has 0 aromatic carbocycles. The van der Waals surface area contributed by atoms with Gasteiger partial charge in [0.15, 0.2) is 0 Å². The Bertz CT molecular complexity index is 243. The van der Waals surface area contributed by atoms with Crippen molar-refractivity contribution in [3.05, 3.63) is 0 Å². The fourth-order valence-corrected chi connectivity index (χ4v) is 2.01. The van der Waals surface area contributed by atoms with E-state index in [1.54, 1.807) is 0 Å². The van der Waals surface area contributed by atoms with E-state index in [9.17, 15) is 4.79 Å². The third-order valence-electron chi connectivity index (χ3n) is 3.53. The summed E-state index contributed by atoms with van der Waals surface area (Å²) in [6.07, 6.45) is 2.05. The van der Waals surface area contributed by atoms with Crippen LogP contribution in [0.5, 0.6) is 0 Å². The zero-order chi connectivity index (χ0) is 11.6. The standard InChI is InChI=1S/C12H24N2O.ClH/c1-5-9(2)10(13)11(15)14-7-6-12(3,4)8-14;/h9-10H,5-8,13H2,1-4H3;1H. The number of hydrogen-bond donors (Lipinski definition) is 1. The molecule has 2 unspecified atom stereocenters. The lowest BCUT2D eigenvalue weighted by Gasteiger charge is -2.25. The highest BCUT2D eigenvalue weighted by molar-refractivity contribution is 5.85. The Hall–Kier alpha value is -0.280. The van der Waals surface area contributed by atoms with Crippen molar-refractivity contribution in [2.45, 2.75) is 46.6 Å². The van der Waals surface area contributed by atoms with E-state index in [-0.39, 0.29) is 35.7 Å². The lowest BCUT2D eigenvalue weighted by Crippen LogP contribution is -2.46. The van der Waals surface area contributed by atoms with Crippen molar-refractivity contribution in [3.8, 4) is 0 Å². The maximum absolute atomic E-state index is 12.0. The van der Waals surface area contributed by atoms with Crippen molar-refractivity contribution in [1.29, 1.82) is 0 Å². The van der Waals surface area contributed by atoms with E-state index in [0.717, 1.165) is 25.9 Å². The molecule has 0 aromatic rings. The highest BCUT2D eigenvalue weighted by Gasteiger charge is 2.34. The SMILES string of the molecule is CCC(C)C(N)C(=O)N1CCC(C)(C)C1.Cl. The zero-order valence-electron chi connectivity index (χ0n) is 10.8. The summed E-state index contributed by atoms with van der Waals surface area (Å²) in [7, 11) is 0. The summed E-state index contributed by atoms with van der Waals surface area (Å²) in [6.45, 7) is 10.3. The number of halogens is 1. The van der Waals surface area contributed by atoms with E-state index >= 15 is 0 Å². The topological polar surface area (TPSA) is 46.3 Å². The molecule has 16 heavy (non-hydrogen) atoms. The molecule has 0 spiro atoms. The number of nitrogens with two attached hydrogens (primary N) is 1. The molecule has 1 heterocycles. The van der Waals surface area contributed by atoms with Crippen LogP contribution in [-0.4, -0.2) is 29.9 Å². The van der Waals surface area contributed by atoms with Crippen molar-refractivity contribution in [2.75, 3.05) is 13.1 Å². The van der Waals surface area contributed by atoms with Crippen molar-refractivity contribution in [3.63, 3.8) is 0 Å². The number of amides is 1. The van der Waals surface area contributed by atoms with Gasteiger partial charge in [-0.2, -0.15) is 0 Å². The lowest BCUT2D eigenvalue weighted by atomic mass is 9.93. The summed E-state index contributed by atoms with van der Waals surface area (Å²) in [5.41, 5.74) is 6.22. The molecule has 1 aliphatic rings. The third kappa shape index (κ3) is 3.63. The van der Waals surface area contributed by atoms with Crippen LogP contribution in [0, 0.1) is 11.3 Å². The molecule has 4 heteroatoms. The molecule has 2 atom stereocenters. The van der Waals surface area contributed by atoms with Crippen LogP contribution in [0.25, 0.3) is 0 Å². The molecular formula is C12H25ClN2O. The van der Waals surface area contributed by atoms with Crippen LogP contribution in [0.1, 0.15) is 40.5 Å². The van der Waals surface area contributed by atoms with Gasteiger partial charge in [0.25, 0.3) is 0 Å². The molecule has 1 rings (SSSR count). The number of hydrogen-bond acceptors (Lipinski definition) is 2. The Balaban J connectivity index is 0.00000225. The van der Waals surface area contributed by atoms with Crippen molar-refractivity contribution in [1.82, 2.24) is 4.90 Å². The summed E-state index contributed by atoms with van der Waals surface area (Å²) in [4.78, 5) is 14.0. The van der Waals surface area contributed by atoms with Crippen LogP contribution < -0.4 is 5.73 Å². The van der Waals surface area contributed by atoms with Gasteiger partial charge >= 0.3 is 0 Å². The number of likely N-dealkylation sites (tertiary alicyclic amines) is 1. The van der Waals surface area contributed by atoms with Crippen LogP contribution in [0.2, 0.25) is 0 Å². The molecule has 1 fully saturated rings. The molecule has 3 nitrogen and oxygen atoms in total. The number of carbonyl (C=O) groups excluding carboxylic acids is 1. The second kappa shape index (κ2) is 5.87. The van der Waals surface area contributed by atoms with Crippen molar-refractivity contribution >= 4 is 18.3 Å². The molecule has 96 valence electrons. The largest absolute Gasteiger partial charge is 0.341 e. The van der Waals surface area contributed by atoms with E-state index in [4.69, 9.17) is 5.73 Å². The van der Waals surface area contributed by atoms with E-state index in [2.05, 4.69) is 20.8 Å². The number of rotatable bonds is 3. The van der Waals surface area contributed by atoms with Gasteiger partial charge in [-0.15, -0.1) is 12.4 Å². The summed E-state index contributed by atoms with van der Waals surface area (Å²) in [6, 6.07) is -0.316. The van der Waals surface area contributed by atoms with Crippen LogP contribution in [-0.2, 0) is 4.79 Å². The zero-order valence-corrected chi connectivity index (χ0v) is 11.6. The average molecular weight is 249 g/mol. The lowest BCUT2D eigenvalue weighted by molar-refractivity contribution is -0.133.